The number of methoxy groups -OCH3 is 1. The largest absolute Gasteiger partial charge is 0.468 e. The van der Waals surface area contributed by atoms with Gasteiger partial charge in [-0.2, -0.15) is 0 Å². The molecule has 0 aliphatic carbocycles. The predicted octanol–water partition coefficient (Wildman–Crippen LogP) is 2.97. The molecule has 1 aromatic heterocycles. The quantitative estimate of drug-likeness (QED) is 0.367. The van der Waals surface area contributed by atoms with Crippen LogP contribution in [0.3, 0.4) is 0 Å². The van der Waals surface area contributed by atoms with Gasteiger partial charge in [0.25, 0.3) is 5.91 Å². The Labute approximate surface area is 172 Å². The summed E-state index contributed by atoms with van der Waals surface area (Å²) in [7, 11) is 1.53. The van der Waals surface area contributed by atoms with Crippen LogP contribution in [0.2, 0.25) is 0 Å². The summed E-state index contributed by atoms with van der Waals surface area (Å²) in [6.45, 7) is 3.56. The van der Waals surface area contributed by atoms with Crippen LogP contribution in [-0.2, 0) is 14.3 Å². The fourth-order valence-electron chi connectivity index (χ4n) is 2.41. The molecule has 0 unspecified atom stereocenters. The topological polar surface area (TPSA) is 117 Å². The molecule has 0 fully saturated rings. The molecule has 3 N–H and O–H groups in total. The molecule has 0 saturated carbocycles. The summed E-state index contributed by atoms with van der Waals surface area (Å²) in [5, 5.41) is 2.83. The van der Waals surface area contributed by atoms with Gasteiger partial charge in [-0.3, -0.25) is 9.59 Å². The van der Waals surface area contributed by atoms with E-state index in [1.165, 1.54) is 13.2 Å². The van der Waals surface area contributed by atoms with Gasteiger partial charge >= 0.3 is 5.97 Å². The molecule has 0 aliphatic heterocycles. The summed E-state index contributed by atoms with van der Waals surface area (Å²) in [5.74, 6) is -1.13. The molecule has 0 saturated heterocycles. The number of hydrogen-bond acceptors (Lipinski definition) is 7. The van der Waals surface area contributed by atoms with Crippen molar-refractivity contribution in [1.29, 1.82) is 0 Å². The van der Waals surface area contributed by atoms with E-state index < -0.39 is 17.8 Å². The molecule has 0 aliphatic rings. The van der Waals surface area contributed by atoms with Crippen molar-refractivity contribution in [3.63, 3.8) is 0 Å². The molecule has 0 radical (unpaired) electrons. The second kappa shape index (κ2) is 10.4. The van der Waals surface area contributed by atoms with E-state index in [0.717, 1.165) is 16.9 Å². The number of anilines is 1. The van der Waals surface area contributed by atoms with Crippen molar-refractivity contribution in [2.45, 2.75) is 13.8 Å². The lowest BCUT2D eigenvalue weighted by molar-refractivity contribution is -0.111. The Bertz CT molecular complexity index is 918. The van der Waals surface area contributed by atoms with E-state index >= 15 is 0 Å². The third-order valence-corrected chi connectivity index (χ3v) is 4.96. The number of carbonyl (C=O) groups is 3. The lowest BCUT2D eigenvalue weighted by atomic mass is 10.1. The molecule has 0 bridgehead atoms. The van der Waals surface area contributed by atoms with Crippen LogP contribution in [0, 0.1) is 6.92 Å². The summed E-state index contributed by atoms with van der Waals surface area (Å²) in [6.07, 6.45) is 2.92. The first-order valence-corrected chi connectivity index (χ1v) is 9.50. The fourth-order valence-corrected chi connectivity index (χ4v) is 3.46. The molecule has 8 nitrogen and oxygen atoms in total. The Kier molecular flexibility index (Phi) is 7.93. The smallest absolute Gasteiger partial charge is 0.341 e. The van der Waals surface area contributed by atoms with Crippen molar-refractivity contribution in [2.75, 3.05) is 25.8 Å². The van der Waals surface area contributed by atoms with Crippen LogP contribution in [0.1, 0.15) is 38.1 Å². The highest BCUT2D eigenvalue weighted by molar-refractivity contribution is 7.18. The van der Waals surface area contributed by atoms with E-state index in [1.54, 1.807) is 44.2 Å². The number of amides is 2. The summed E-state index contributed by atoms with van der Waals surface area (Å²) in [5.41, 5.74) is 6.64. The van der Waals surface area contributed by atoms with E-state index in [9.17, 15) is 14.4 Å². The van der Waals surface area contributed by atoms with Gasteiger partial charge in [0.1, 0.15) is 10.8 Å². The molecular weight excluding hydrogens is 396 g/mol. The maximum absolute atomic E-state index is 12.3. The molecule has 0 spiro atoms. The average Bonchev–Trinajstić information content (AvgIpc) is 3.01. The van der Waals surface area contributed by atoms with Crippen molar-refractivity contribution in [1.82, 2.24) is 0 Å². The van der Waals surface area contributed by atoms with Crippen LogP contribution in [0.4, 0.5) is 5.00 Å². The lowest BCUT2D eigenvalue weighted by Crippen LogP contribution is -2.13. The number of hydrogen-bond donors (Lipinski definition) is 2. The number of esters is 1. The minimum atomic E-state index is -0.676. The van der Waals surface area contributed by atoms with E-state index in [2.05, 4.69) is 5.32 Å². The van der Waals surface area contributed by atoms with Crippen LogP contribution in [0.15, 0.2) is 30.3 Å². The highest BCUT2D eigenvalue weighted by Crippen LogP contribution is 2.33. The Morgan fingerprint density at radius 3 is 2.48 bits per heavy atom. The van der Waals surface area contributed by atoms with E-state index in [4.69, 9.17) is 19.9 Å². The number of ether oxygens (including phenoxy) is 3. The first-order valence-electron chi connectivity index (χ1n) is 8.68. The molecule has 29 heavy (non-hydrogen) atoms. The minimum Gasteiger partial charge on any atom is -0.468 e. The molecule has 2 amide bonds. The van der Waals surface area contributed by atoms with Crippen LogP contribution in [0.25, 0.3) is 6.08 Å². The number of primary amides is 1. The van der Waals surface area contributed by atoms with Gasteiger partial charge < -0.3 is 25.3 Å². The van der Waals surface area contributed by atoms with Crippen molar-refractivity contribution >= 4 is 40.2 Å². The van der Waals surface area contributed by atoms with Gasteiger partial charge in [0.05, 0.1) is 17.0 Å². The van der Waals surface area contributed by atoms with E-state index in [0.29, 0.717) is 11.3 Å². The molecule has 1 aromatic carbocycles. The monoisotopic (exact) mass is 418 g/mol. The highest BCUT2D eigenvalue weighted by atomic mass is 32.1. The maximum atomic E-state index is 12.3. The number of thiophene rings is 1. The Morgan fingerprint density at radius 2 is 1.90 bits per heavy atom. The number of nitrogens with two attached hydrogens (primary N) is 1. The molecule has 9 heteroatoms. The zero-order valence-electron chi connectivity index (χ0n) is 16.3. The Balaban J connectivity index is 2.15. The molecule has 2 aromatic rings. The van der Waals surface area contributed by atoms with Crippen LogP contribution >= 0.6 is 11.3 Å². The van der Waals surface area contributed by atoms with Crippen molar-refractivity contribution in [3.8, 4) is 5.75 Å². The van der Waals surface area contributed by atoms with Gasteiger partial charge in [0, 0.05) is 13.2 Å². The number of benzene rings is 1. The third-order valence-electron chi connectivity index (χ3n) is 3.74. The van der Waals surface area contributed by atoms with Gasteiger partial charge in [0.2, 0.25) is 5.91 Å². The van der Waals surface area contributed by atoms with Crippen LogP contribution in [-0.4, -0.2) is 38.3 Å². The number of rotatable bonds is 9. The SMILES string of the molecule is CCOC(=O)c1c(NC(=O)/C=C/c2ccc(OCOC)cc2)sc(C(N)=O)c1C. The van der Waals surface area contributed by atoms with Gasteiger partial charge in [-0.25, -0.2) is 4.79 Å². The molecule has 0 atom stereocenters. The summed E-state index contributed by atoms with van der Waals surface area (Å²) in [6, 6.07) is 7.05. The third kappa shape index (κ3) is 5.90. The predicted molar refractivity (Wildman–Crippen MR) is 110 cm³/mol. The Morgan fingerprint density at radius 1 is 1.21 bits per heavy atom. The first kappa shape index (κ1) is 22.1. The summed E-state index contributed by atoms with van der Waals surface area (Å²) in [4.78, 5) is 36.3. The average molecular weight is 418 g/mol. The lowest BCUT2D eigenvalue weighted by Gasteiger charge is -2.06. The molecule has 2 rings (SSSR count). The normalized spacial score (nSPS) is 10.7. The van der Waals surface area contributed by atoms with Crippen molar-refractivity contribution < 1.29 is 28.6 Å². The summed E-state index contributed by atoms with van der Waals surface area (Å²) >= 11 is 0.938. The molecular formula is C20H22N2O6S. The van der Waals surface area contributed by atoms with Gasteiger partial charge in [-0.15, -0.1) is 11.3 Å². The number of carbonyl (C=O) groups excluding carboxylic acids is 3. The van der Waals surface area contributed by atoms with Gasteiger partial charge in [0.15, 0.2) is 6.79 Å². The van der Waals surface area contributed by atoms with Crippen LogP contribution < -0.4 is 15.8 Å². The zero-order valence-corrected chi connectivity index (χ0v) is 17.1. The zero-order chi connectivity index (χ0) is 21.4. The Hall–Kier alpha value is -3.17. The highest BCUT2D eigenvalue weighted by Gasteiger charge is 2.25. The van der Waals surface area contributed by atoms with E-state index in [1.807, 2.05) is 0 Å². The second-order valence-corrected chi connectivity index (χ2v) is 6.81. The summed E-state index contributed by atoms with van der Waals surface area (Å²) < 4.78 is 15.1. The maximum Gasteiger partial charge on any atom is 0.341 e. The number of nitrogens with one attached hydrogen (secondary N) is 1. The van der Waals surface area contributed by atoms with Gasteiger partial charge in [-0.05, 0) is 43.2 Å². The standard InChI is InChI=1S/C20H22N2O6S/c1-4-27-20(25)16-12(2)17(18(21)24)29-19(16)22-15(23)10-7-13-5-8-14(9-6-13)28-11-26-3/h5-10H,4,11H2,1-3H3,(H2,21,24)(H,22,23)/b10-7+. The minimum absolute atomic E-state index is 0.132. The first-order chi connectivity index (χ1) is 13.9. The van der Waals surface area contributed by atoms with Gasteiger partial charge in [-0.1, -0.05) is 12.1 Å². The second-order valence-electron chi connectivity index (χ2n) is 5.79. The van der Waals surface area contributed by atoms with E-state index in [-0.39, 0.29) is 28.8 Å². The molecule has 154 valence electrons. The molecule has 1 heterocycles. The van der Waals surface area contributed by atoms with Crippen molar-refractivity contribution in [3.05, 3.63) is 51.9 Å². The van der Waals surface area contributed by atoms with Crippen LogP contribution in [0.5, 0.6) is 5.75 Å². The fraction of sp³-hybridized carbons (Fsp3) is 0.250. The van der Waals surface area contributed by atoms with Crippen molar-refractivity contribution in [2.24, 2.45) is 5.73 Å².